The van der Waals surface area contributed by atoms with E-state index in [-0.39, 0.29) is 12.8 Å². The lowest BCUT2D eigenvalue weighted by molar-refractivity contribution is -0.0533. The van der Waals surface area contributed by atoms with Crippen molar-refractivity contribution in [1.82, 2.24) is 0 Å². The molecule has 0 fully saturated rings. The van der Waals surface area contributed by atoms with Crippen LogP contribution >= 0.6 is 0 Å². The lowest BCUT2D eigenvalue weighted by Crippen LogP contribution is -2.45. The van der Waals surface area contributed by atoms with Crippen LogP contribution in [0.1, 0.15) is 54.4 Å². The Hall–Kier alpha value is -0.806. The highest BCUT2D eigenvalue weighted by molar-refractivity contribution is 7.87. The largest absolute Gasteiger partial charge is 0.534 e. The molecule has 5 nitrogen and oxygen atoms in total. The maximum Gasteiger partial charge on any atom is 0.534 e. The van der Waals surface area contributed by atoms with Crippen LogP contribution in [0.2, 0.25) is 36.3 Å². The Morgan fingerprint density at radius 3 is 1.69 bits per heavy atom. The number of terminal acetylenes is 1. The third-order valence-electron chi connectivity index (χ3n) is 6.36. The SMILES string of the molecule is C#CC[C@H](CC(O[Si](CC)(CC)CC)C(=C)OS(=O)(=O)C(F)(F)F)O[Si](CC)(CC)CC. The number of rotatable bonds is 16. The van der Waals surface area contributed by atoms with Crippen molar-refractivity contribution in [3.8, 4) is 12.3 Å². The van der Waals surface area contributed by atoms with Gasteiger partial charge >= 0.3 is 15.6 Å². The molecule has 0 aliphatic carbocycles. The molecule has 0 aromatic rings. The third kappa shape index (κ3) is 8.52. The Morgan fingerprint density at radius 2 is 1.34 bits per heavy atom. The molecule has 0 rings (SSSR count). The fourth-order valence-corrected chi connectivity index (χ4v) is 9.89. The minimum atomic E-state index is -5.85. The van der Waals surface area contributed by atoms with Crippen LogP contribution in [0.5, 0.6) is 0 Å². The first kappa shape index (κ1) is 31.2. The van der Waals surface area contributed by atoms with Crippen molar-refractivity contribution in [2.24, 2.45) is 0 Å². The van der Waals surface area contributed by atoms with E-state index in [0.717, 1.165) is 18.1 Å². The van der Waals surface area contributed by atoms with E-state index in [1.165, 1.54) is 0 Å². The fourth-order valence-electron chi connectivity index (χ4n) is 3.69. The fraction of sp³-hybridized carbons (Fsp3) is 0.810. The van der Waals surface area contributed by atoms with Crippen LogP contribution in [0.15, 0.2) is 12.3 Å². The summed E-state index contributed by atoms with van der Waals surface area (Å²) in [6.45, 7) is 15.6. The van der Waals surface area contributed by atoms with Gasteiger partial charge in [-0.3, -0.25) is 0 Å². The number of halogens is 3. The summed E-state index contributed by atoms with van der Waals surface area (Å²) < 4.78 is 79.2. The van der Waals surface area contributed by atoms with Crippen LogP contribution in [-0.4, -0.2) is 42.8 Å². The minimum absolute atomic E-state index is 0.0832. The average molecular weight is 517 g/mol. The van der Waals surface area contributed by atoms with Crippen LogP contribution < -0.4 is 0 Å². The quantitative estimate of drug-likeness (QED) is 0.0764. The monoisotopic (exact) mass is 516 g/mol. The normalized spacial score (nSPS) is 15.1. The molecule has 0 aliphatic heterocycles. The summed E-state index contributed by atoms with van der Waals surface area (Å²) in [7, 11) is -10.3. The van der Waals surface area contributed by atoms with Gasteiger partial charge in [-0.1, -0.05) is 48.1 Å². The molecule has 32 heavy (non-hydrogen) atoms. The van der Waals surface area contributed by atoms with Gasteiger partial charge in [0.15, 0.2) is 16.6 Å². The zero-order chi connectivity index (χ0) is 25.2. The highest BCUT2D eigenvalue weighted by Gasteiger charge is 2.49. The van der Waals surface area contributed by atoms with Crippen LogP contribution in [0.3, 0.4) is 0 Å². The van der Waals surface area contributed by atoms with Gasteiger partial charge in [0, 0.05) is 12.8 Å². The molecule has 188 valence electrons. The van der Waals surface area contributed by atoms with Gasteiger partial charge in [-0.05, 0) is 36.3 Å². The summed E-state index contributed by atoms with van der Waals surface area (Å²) >= 11 is 0. The Labute approximate surface area is 194 Å². The molecule has 0 radical (unpaired) electrons. The maximum atomic E-state index is 12.9. The summed E-state index contributed by atoms with van der Waals surface area (Å²) in [5.41, 5.74) is -5.56. The third-order valence-corrected chi connectivity index (χ3v) is 16.7. The first-order valence-electron chi connectivity index (χ1n) is 11.2. The molecule has 0 saturated carbocycles. The number of hydrogen-bond donors (Lipinski definition) is 0. The van der Waals surface area contributed by atoms with E-state index in [0.29, 0.717) is 18.1 Å². The molecular weight excluding hydrogens is 477 g/mol. The highest BCUT2D eigenvalue weighted by atomic mass is 32.2. The zero-order valence-corrected chi connectivity index (χ0v) is 23.0. The lowest BCUT2D eigenvalue weighted by Gasteiger charge is -2.37. The van der Waals surface area contributed by atoms with E-state index in [2.05, 4.69) is 37.5 Å². The van der Waals surface area contributed by atoms with Gasteiger partial charge in [-0.15, -0.1) is 12.3 Å². The van der Waals surface area contributed by atoms with Crippen molar-refractivity contribution in [3.63, 3.8) is 0 Å². The molecule has 0 aromatic carbocycles. The van der Waals surface area contributed by atoms with Gasteiger partial charge in [-0.25, -0.2) is 0 Å². The molecular formula is C21H39F3O5SSi2. The number of alkyl halides is 3. The van der Waals surface area contributed by atoms with E-state index in [1.807, 2.05) is 20.8 Å². The first-order valence-corrected chi connectivity index (χ1v) is 17.7. The van der Waals surface area contributed by atoms with Crippen LogP contribution in [-0.2, 0) is 23.2 Å². The van der Waals surface area contributed by atoms with Crippen LogP contribution in [0, 0.1) is 12.3 Å². The molecule has 0 bridgehead atoms. The van der Waals surface area contributed by atoms with Crippen molar-refractivity contribution in [2.75, 3.05) is 0 Å². The van der Waals surface area contributed by atoms with Crippen LogP contribution in [0.25, 0.3) is 0 Å². The Kier molecular flexibility index (Phi) is 12.8. The molecule has 0 aromatic heterocycles. The van der Waals surface area contributed by atoms with E-state index in [1.54, 1.807) is 0 Å². The van der Waals surface area contributed by atoms with E-state index in [4.69, 9.17) is 15.3 Å². The predicted octanol–water partition coefficient (Wildman–Crippen LogP) is 6.56. The molecule has 0 heterocycles. The second-order valence-corrected chi connectivity index (χ2v) is 18.9. The van der Waals surface area contributed by atoms with Gasteiger partial charge in [0.25, 0.3) is 0 Å². The van der Waals surface area contributed by atoms with Crippen molar-refractivity contribution in [3.05, 3.63) is 12.3 Å². The van der Waals surface area contributed by atoms with Crippen molar-refractivity contribution >= 4 is 26.8 Å². The van der Waals surface area contributed by atoms with E-state index in [9.17, 15) is 21.6 Å². The van der Waals surface area contributed by atoms with Gasteiger partial charge in [0.2, 0.25) is 0 Å². The second kappa shape index (κ2) is 13.2. The summed E-state index contributed by atoms with van der Waals surface area (Å²) in [4.78, 5) is 0. The van der Waals surface area contributed by atoms with Gasteiger partial charge in [-0.2, -0.15) is 21.6 Å². The molecule has 0 saturated heterocycles. The standard InChI is InChI=1S/C21H39F3O5SSi2/c1-9-16-19(28-31(10-2,11-3)12-4)17-20(29-32(13-5,14-6)15-7)18(8)27-30(25,26)21(22,23)24/h1,19-20H,8,10-17H2,2-7H3/t19-,20?/m1/s1. The van der Waals surface area contributed by atoms with Crippen molar-refractivity contribution < 1.29 is 34.6 Å². The van der Waals surface area contributed by atoms with E-state index >= 15 is 0 Å². The molecule has 0 N–H and O–H groups in total. The molecule has 0 spiro atoms. The highest BCUT2D eigenvalue weighted by Crippen LogP contribution is 2.33. The molecule has 11 heteroatoms. The van der Waals surface area contributed by atoms with Gasteiger partial charge < -0.3 is 13.0 Å². The zero-order valence-electron chi connectivity index (χ0n) is 20.2. The lowest BCUT2D eigenvalue weighted by atomic mass is 10.1. The maximum absolute atomic E-state index is 12.9. The predicted molar refractivity (Wildman–Crippen MR) is 127 cm³/mol. The molecule has 2 atom stereocenters. The first-order chi connectivity index (χ1) is 14.7. The second-order valence-electron chi connectivity index (χ2n) is 7.93. The molecule has 0 amide bonds. The smallest absolute Gasteiger partial charge is 0.413 e. The topological polar surface area (TPSA) is 61.8 Å². The Morgan fingerprint density at radius 1 is 0.938 bits per heavy atom. The Bertz CT molecular complexity index is 710. The Balaban J connectivity index is 6.08. The summed E-state index contributed by atoms with van der Waals surface area (Å²) in [6, 6.07) is 4.74. The molecule has 0 aliphatic rings. The van der Waals surface area contributed by atoms with Crippen molar-refractivity contribution in [1.29, 1.82) is 0 Å². The summed E-state index contributed by atoms with van der Waals surface area (Å²) in [5, 5.41) is 0. The average Bonchev–Trinajstić information content (AvgIpc) is 2.74. The van der Waals surface area contributed by atoms with E-state index < -0.39 is 50.2 Å². The molecule has 1 unspecified atom stereocenters. The van der Waals surface area contributed by atoms with Crippen LogP contribution in [0.4, 0.5) is 13.2 Å². The summed E-state index contributed by atoms with van der Waals surface area (Å²) in [5.74, 6) is 1.98. The minimum Gasteiger partial charge on any atom is -0.413 e. The van der Waals surface area contributed by atoms with Crippen molar-refractivity contribution in [2.45, 2.75) is 108 Å². The number of hydrogen-bond acceptors (Lipinski definition) is 5. The van der Waals surface area contributed by atoms with Gasteiger partial charge in [0.05, 0.1) is 6.10 Å². The summed E-state index contributed by atoms with van der Waals surface area (Å²) in [6.07, 6.45) is 4.28. The van der Waals surface area contributed by atoms with Gasteiger partial charge in [0.1, 0.15) is 11.9 Å².